The highest BCUT2D eigenvalue weighted by molar-refractivity contribution is 7.21. The number of anilines is 3. The highest BCUT2D eigenvalue weighted by Crippen LogP contribution is 2.41. The molecule has 13 heteroatoms. The number of nitrogens with zero attached hydrogens (tertiary/aromatic N) is 5. The van der Waals surface area contributed by atoms with Crippen molar-refractivity contribution in [1.82, 2.24) is 25.4 Å². The molecule has 57 heavy (non-hydrogen) atoms. The number of imide groups is 1. The Balaban J connectivity index is 0.724. The number of carbonyl (C=O) groups excluding carboxylic acids is 4. The second kappa shape index (κ2) is 14.4. The van der Waals surface area contributed by atoms with Crippen LogP contribution in [-0.4, -0.2) is 103 Å². The van der Waals surface area contributed by atoms with Crippen LogP contribution in [0.2, 0.25) is 0 Å². The van der Waals surface area contributed by atoms with Gasteiger partial charge in [0.2, 0.25) is 11.8 Å². The van der Waals surface area contributed by atoms with E-state index < -0.39 is 6.04 Å². The molecular weight excluding hydrogens is 737 g/mol. The van der Waals surface area contributed by atoms with E-state index in [1.165, 1.54) is 29.9 Å². The summed E-state index contributed by atoms with van der Waals surface area (Å²) in [6, 6.07) is 22.8. The summed E-state index contributed by atoms with van der Waals surface area (Å²) in [5.74, 6) is -0.111. The first-order valence-electron chi connectivity index (χ1n) is 20.3. The molecule has 5 aliphatic heterocycles. The van der Waals surface area contributed by atoms with Crippen LogP contribution in [0.25, 0.3) is 32.2 Å². The minimum atomic E-state index is -0.591. The number of rotatable bonds is 6. The van der Waals surface area contributed by atoms with Crippen molar-refractivity contribution in [2.45, 2.75) is 51.2 Å². The Bertz CT molecular complexity index is 2430. The van der Waals surface area contributed by atoms with Gasteiger partial charge in [0.05, 0.1) is 16.9 Å². The first-order chi connectivity index (χ1) is 27.8. The second-order valence-corrected chi connectivity index (χ2v) is 17.3. The highest BCUT2D eigenvalue weighted by Gasteiger charge is 2.39. The van der Waals surface area contributed by atoms with Gasteiger partial charge in [0.1, 0.15) is 10.9 Å². The van der Waals surface area contributed by atoms with Gasteiger partial charge in [-0.15, -0.1) is 11.3 Å². The molecule has 5 aromatic rings. The van der Waals surface area contributed by atoms with Crippen molar-refractivity contribution in [1.29, 1.82) is 0 Å². The lowest BCUT2D eigenvalue weighted by Crippen LogP contribution is -2.52. The largest absolute Gasteiger partial charge is 0.381 e. The number of pyridine rings is 1. The normalized spacial score (nSPS) is 22.0. The molecule has 0 bridgehead atoms. The standard InChI is InChI=1S/C44H46N8O4S/c1-26-23-45-40-39-33-8-9-34(47-35(33)10-12-37(39)57-41(40)43(55)46-26)28-2-4-30(5-3-28)50-16-14-27(15-17-50)24-49-18-20-51(21-19-49)31-6-7-32-29(22-31)25-52(44(32)56)36-11-13-38(53)48-42(36)54/h2-10,12,22,26-27,36,45H,11,13-21,23-25H2,1H3,(H,46,55)(H,48,53,54)/t26-,36?/m1/s1. The number of piperidine rings is 2. The zero-order chi connectivity index (χ0) is 38.8. The molecule has 3 N–H and O–H groups in total. The Labute approximate surface area is 335 Å². The Morgan fingerprint density at radius 2 is 1.60 bits per heavy atom. The van der Waals surface area contributed by atoms with Gasteiger partial charge >= 0.3 is 0 Å². The molecule has 1 unspecified atom stereocenters. The van der Waals surface area contributed by atoms with Crippen LogP contribution in [0.1, 0.15) is 58.2 Å². The number of nitrogens with one attached hydrogen (secondary N) is 3. The number of aromatic nitrogens is 1. The van der Waals surface area contributed by atoms with Gasteiger partial charge in [-0.3, -0.25) is 29.4 Å². The first kappa shape index (κ1) is 35.9. The first-order valence-corrected chi connectivity index (χ1v) is 21.1. The lowest BCUT2D eigenvalue weighted by molar-refractivity contribution is -0.136. The number of hydrogen-bond donors (Lipinski definition) is 3. The van der Waals surface area contributed by atoms with Crippen LogP contribution in [-0.2, 0) is 16.1 Å². The number of fused-ring (bicyclic) bond motifs is 6. The number of hydrogen-bond acceptors (Lipinski definition) is 10. The summed E-state index contributed by atoms with van der Waals surface area (Å²) in [4.78, 5) is 65.0. The summed E-state index contributed by atoms with van der Waals surface area (Å²) in [6.07, 6.45) is 2.98. The van der Waals surface area contributed by atoms with Crippen LogP contribution in [0, 0.1) is 5.92 Å². The van der Waals surface area contributed by atoms with Gasteiger partial charge in [-0.05, 0) is 92.3 Å². The zero-order valence-electron chi connectivity index (χ0n) is 32.1. The molecule has 0 radical (unpaired) electrons. The summed E-state index contributed by atoms with van der Waals surface area (Å²) in [6.45, 7) is 10.2. The number of piperazine rings is 1. The van der Waals surface area contributed by atoms with Crippen LogP contribution < -0.4 is 25.8 Å². The molecule has 0 saturated carbocycles. The number of benzene rings is 3. The van der Waals surface area contributed by atoms with E-state index in [4.69, 9.17) is 4.98 Å². The molecule has 0 aliphatic carbocycles. The Morgan fingerprint density at radius 3 is 2.39 bits per heavy atom. The van der Waals surface area contributed by atoms with Crippen molar-refractivity contribution in [3.05, 3.63) is 82.7 Å². The average molecular weight is 783 g/mol. The molecule has 2 atom stereocenters. The Hall–Kier alpha value is -5.53. The fourth-order valence-electron chi connectivity index (χ4n) is 9.41. The van der Waals surface area contributed by atoms with Gasteiger partial charge in [-0.1, -0.05) is 12.1 Å². The van der Waals surface area contributed by atoms with E-state index in [0.717, 1.165) is 99.9 Å². The van der Waals surface area contributed by atoms with E-state index in [-0.39, 0.29) is 36.1 Å². The van der Waals surface area contributed by atoms with Crippen molar-refractivity contribution in [3.63, 3.8) is 0 Å². The Kier molecular flexibility index (Phi) is 9.09. The predicted octanol–water partition coefficient (Wildman–Crippen LogP) is 5.46. The van der Waals surface area contributed by atoms with Gasteiger partial charge in [0.25, 0.3) is 11.8 Å². The second-order valence-electron chi connectivity index (χ2n) is 16.3. The maximum absolute atomic E-state index is 13.1. The van der Waals surface area contributed by atoms with Gasteiger partial charge in [-0.25, -0.2) is 4.98 Å². The molecule has 5 aliphatic rings. The quantitative estimate of drug-likeness (QED) is 0.193. The summed E-state index contributed by atoms with van der Waals surface area (Å²) >= 11 is 1.53. The maximum Gasteiger partial charge on any atom is 0.263 e. The third-order valence-corrected chi connectivity index (χ3v) is 13.7. The van der Waals surface area contributed by atoms with Gasteiger partial charge in [0, 0.05) is 109 Å². The number of amides is 4. The number of thiophene rings is 1. The van der Waals surface area contributed by atoms with Crippen molar-refractivity contribution < 1.29 is 19.2 Å². The molecule has 3 aromatic carbocycles. The summed E-state index contributed by atoms with van der Waals surface area (Å²) in [5.41, 5.74) is 7.87. The lowest BCUT2D eigenvalue weighted by Gasteiger charge is -2.40. The third kappa shape index (κ3) is 6.66. The molecule has 4 amide bonds. The van der Waals surface area contributed by atoms with E-state index in [1.807, 2.05) is 19.1 Å². The average Bonchev–Trinajstić information content (AvgIpc) is 3.73. The third-order valence-electron chi connectivity index (χ3n) is 12.6. The summed E-state index contributed by atoms with van der Waals surface area (Å²) < 4.78 is 1.09. The fourth-order valence-corrected chi connectivity index (χ4v) is 10.5. The van der Waals surface area contributed by atoms with Crippen LogP contribution in [0.5, 0.6) is 0 Å². The molecular formula is C44H46N8O4S. The SMILES string of the molecule is C[C@@H]1CNc2c(sc3ccc4nc(-c5ccc(N6CCC(CN7CCN(c8ccc9c(c8)CN(C8CCC(=O)NC8=O)C9=O)CC7)CC6)cc5)ccc4c23)C(=O)N1. The van der Waals surface area contributed by atoms with E-state index in [0.29, 0.717) is 31.0 Å². The van der Waals surface area contributed by atoms with Crippen molar-refractivity contribution in [3.8, 4) is 11.3 Å². The molecule has 2 aromatic heterocycles. The van der Waals surface area contributed by atoms with E-state index in [9.17, 15) is 19.2 Å². The van der Waals surface area contributed by atoms with Crippen LogP contribution in [0.3, 0.4) is 0 Å². The van der Waals surface area contributed by atoms with E-state index >= 15 is 0 Å². The predicted molar refractivity (Wildman–Crippen MR) is 224 cm³/mol. The molecule has 292 valence electrons. The van der Waals surface area contributed by atoms with Gasteiger partial charge in [-0.2, -0.15) is 0 Å². The van der Waals surface area contributed by atoms with Crippen molar-refractivity contribution >= 4 is 73.0 Å². The molecule has 12 nitrogen and oxygen atoms in total. The number of carbonyl (C=O) groups is 4. The molecule has 7 heterocycles. The molecule has 3 saturated heterocycles. The van der Waals surface area contributed by atoms with Gasteiger partial charge < -0.3 is 25.3 Å². The maximum atomic E-state index is 13.1. The van der Waals surface area contributed by atoms with Gasteiger partial charge in [0.15, 0.2) is 0 Å². The zero-order valence-corrected chi connectivity index (χ0v) is 32.9. The molecule has 0 spiro atoms. The lowest BCUT2D eigenvalue weighted by atomic mass is 9.95. The minimum absolute atomic E-state index is 0.0154. The van der Waals surface area contributed by atoms with Crippen molar-refractivity contribution in [2.75, 3.05) is 67.5 Å². The summed E-state index contributed by atoms with van der Waals surface area (Å²) in [5, 5.41) is 11.1. The minimum Gasteiger partial charge on any atom is -0.381 e. The Morgan fingerprint density at radius 1 is 0.825 bits per heavy atom. The monoisotopic (exact) mass is 782 g/mol. The van der Waals surface area contributed by atoms with E-state index in [2.05, 4.69) is 85.2 Å². The van der Waals surface area contributed by atoms with Crippen molar-refractivity contribution in [2.24, 2.45) is 5.92 Å². The van der Waals surface area contributed by atoms with Crippen LogP contribution in [0.4, 0.5) is 17.1 Å². The topological polar surface area (TPSA) is 130 Å². The summed E-state index contributed by atoms with van der Waals surface area (Å²) in [7, 11) is 0. The van der Waals surface area contributed by atoms with Crippen LogP contribution in [0.15, 0.2) is 66.7 Å². The molecule has 3 fully saturated rings. The van der Waals surface area contributed by atoms with Crippen LogP contribution >= 0.6 is 11.3 Å². The fraction of sp³-hybridized carbons (Fsp3) is 0.386. The highest BCUT2D eigenvalue weighted by atomic mass is 32.1. The smallest absolute Gasteiger partial charge is 0.263 e. The molecule has 10 rings (SSSR count). The van der Waals surface area contributed by atoms with E-state index in [1.54, 1.807) is 4.90 Å².